The maximum atomic E-state index is 13.3. The summed E-state index contributed by atoms with van der Waals surface area (Å²) in [5, 5.41) is 0. The molecule has 11 nitrogen and oxygen atoms in total. The van der Waals surface area contributed by atoms with Crippen molar-refractivity contribution in [1.29, 1.82) is 0 Å². The molecule has 1 aromatic rings. The molecule has 11 heteroatoms. The maximum Gasteiger partial charge on any atom is 0.338 e. The van der Waals surface area contributed by atoms with Crippen molar-refractivity contribution in [3.63, 3.8) is 0 Å². The summed E-state index contributed by atoms with van der Waals surface area (Å²) >= 11 is 0. The number of pyridine rings is 1. The van der Waals surface area contributed by atoms with E-state index >= 15 is 0 Å². The van der Waals surface area contributed by atoms with Gasteiger partial charge in [-0.3, -0.25) is 4.98 Å². The summed E-state index contributed by atoms with van der Waals surface area (Å²) in [6.45, 7) is 13.5. The van der Waals surface area contributed by atoms with Crippen LogP contribution in [0.1, 0.15) is 116 Å². The Labute approximate surface area is 301 Å². The van der Waals surface area contributed by atoms with Crippen LogP contribution in [0.25, 0.3) is 0 Å². The Morgan fingerprint density at radius 1 is 0.725 bits per heavy atom. The number of hydrogen-bond donors (Lipinski definition) is 0. The monoisotopic (exact) mass is 711 g/mol. The minimum Gasteiger partial charge on any atom is -0.462 e. The van der Waals surface area contributed by atoms with E-state index in [9.17, 15) is 4.79 Å². The van der Waals surface area contributed by atoms with Crippen molar-refractivity contribution < 1.29 is 48.0 Å². The summed E-state index contributed by atoms with van der Waals surface area (Å²) in [7, 11) is 0. The molecule has 8 saturated heterocycles. The van der Waals surface area contributed by atoms with Gasteiger partial charge in [0.15, 0.2) is 23.8 Å². The summed E-state index contributed by atoms with van der Waals surface area (Å²) in [4.78, 5) is 42.4. The van der Waals surface area contributed by atoms with Gasteiger partial charge in [0.2, 0.25) is 11.6 Å². The van der Waals surface area contributed by atoms with Gasteiger partial charge in [-0.05, 0) is 119 Å². The van der Waals surface area contributed by atoms with Gasteiger partial charge in [-0.2, -0.15) is 0 Å². The molecule has 2 spiro atoms. The third-order valence-corrected chi connectivity index (χ3v) is 15.1. The second-order valence-electron chi connectivity index (χ2n) is 18.1. The average molecular weight is 712 g/mol. The van der Waals surface area contributed by atoms with Crippen LogP contribution >= 0.6 is 0 Å². The molecule has 11 rings (SSSR count). The predicted molar refractivity (Wildman–Crippen MR) is 181 cm³/mol. The van der Waals surface area contributed by atoms with E-state index in [0.29, 0.717) is 42.1 Å². The van der Waals surface area contributed by atoms with Crippen molar-refractivity contribution in [2.45, 2.75) is 153 Å². The molecule has 282 valence electrons. The molecule has 0 unspecified atom stereocenters. The van der Waals surface area contributed by atoms with Crippen molar-refractivity contribution in [2.75, 3.05) is 6.61 Å². The maximum absolute atomic E-state index is 13.3. The fourth-order valence-electron chi connectivity index (χ4n) is 12.2. The highest BCUT2D eigenvalue weighted by Crippen LogP contribution is 2.63. The van der Waals surface area contributed by atoms with Crippen LogP contribution in [0.4, 0.5) is 0 Å². The molecule has 9 heterocycles. The summed E-state index contributed by atoms with van der Waals surface area (Å²) in [5.74, 6) is 0.367. The number of nitrogens with zero attached hydrogens (tertiary/aromatic N) is 1. The largest absolute Gasteiger partial charge is 0.462 e. The number of carbonyl (C=O) groups excluding carboxylic acids is 1. The standard InChI is InChI=1S/C40H57NO10/c1-22-7-9-30-24(3)32(44-35-39(30)28(22)11-15-37(5,46-35)48-50-39)19-26(21-43-34(42)27-13-17-41-18-14-27)20-33-25(4)31-10-8-23(2)29-12-16-38(6)47-36(45-33)40(29,31)51-49-38/h13-14,17-18,22-26,28-33,35-36H,7-12,15-16,19-21H2,1-6H3/t22-,23-,24-,25-,28+,29+,30+,31+,32-,33-,35-,36-,37-,38-,39-,40-/m1/s1. The van der Waals surface area contributed by atoms with Crippen LogP contribution in [-0.2, 0) is 43.2 Å². The molecule has 51 heavy (non-hydrogen) atoms. The van der Waals surface area contributed by atoms with Crippen molar-refractivity contribution in [3.05, 3.63) is 30.1 Å². The molecule has 8 aliphatic heterocycles. The molecule has 0 amide bonds. The normalized spacial score (nSPS) is 51.8. The zero-order chi connectivity index (χ0) is 35.3. The summed E-state index contributed by atoms with van der Waals surface area (Å²) < 4.78 is 33.6. The zero-order valence-corrected chi connectivity index (χ0v) is 31.1. The average Bonchev–Trinajstić information content (AvgIpc) is 3.49. The fourth-order valence-corrected chi connectivity index (χ4v) is 12.2. The summed E-state index contributed by atoms with van der Waals surface area (Å²) in [6.07, 6.45) is 11.3. The second-order valence-corrected chi connectivity index (χ2v) is 18.1. The van der Waals surface area contributed by atoms with Crippen molar-refractivity contribution >= 4 is 5.97 Å². The smallest absolute Gasteiger partial charge is 0.338 e. The lowest BCUT2D eigenvalue weighted by Gasteiger charge is -2.61. The number of carbonyl (C=O) groups is 1. The van der Waals surface area contributed by atoms with Crippen molar-refractivity contribution in [2.24, 2.45) is 53.3 Å². The number of esters is 1. The van der Waals surface area contributed by atoms with Crippen LogP contribution in [-0.4, -0.2) is 65.1 Å². The molecule has 10 aliphatic rings. The molecule has 4 bridgehead atoms. The van der Waals surface area contributed by atoms with Gasteiger partial charge in [0.1, 0.15) is 0 Å². The molecular weight excluding hydrogens is 654 g/mol. The minimum atomic E-state index is -0.834. The Morgan fingerprint density at radius 2 is 1.22 bits per heavy atom. The van der Waals surface area contributed by atoms with Crippen LogP contribution in [0.2, 0.25) is 0 Å². The first-order valence-electron chi connectivity index (χ1n) is 19.9. The van der Waals surface area contributed by atoms with E-state index < -0.39 is 35.4 Å². The topological polar surface area (TPSA) is 113 Å². The lowest BCUT2D eigenvalue weighted by Crippen LogP contribution is -2.70. The molecule has 2 saturated carbocycles. The molecule has 0 aromatic carbocycles. The molecule has 2 aliphatic carbocycles. The highest BCUT2D eigenvalue weighted by Gasteiger charge is 2.71. The van der Waals surface area contributed by atoms with E-state index in [1.807, 2.05) is 13.8 Å². The number of hydrogen-bond acceptors (Lipinski definition) is 11. The van der Waals surface area contributed by atoms with Gasteiger partial charge < -0.3 is 23.7 Å². The van der Waals surface area contributed by atoms with Gasteiger partial charge in [0.05, 0.1) is 24.4 Å². The summed E-state index contributed by atoms with van der Waals surface area (Å²) in [6, 6.07) is 3.38. The highest BCUT2D eigenvalue weighted by molar-refractivity contribution is 5.89. The SMILES string of the molecule is C[C@H]1[C@@H](CC(COC(=O)c2ccncc2)C[C@H]2O[C@@H]3O[C@@]4(C)CC[C@H]5[C@H](C)CC[C@@H]([C@H]2C)[C@@]35OO4)O[C@@H]2O[C@@]3(C)CC[C@H]4[C@H](C)CC[C@@H]1[C@@]24OO3. The molecule has 0 radical (unpaired) electrons. The number of ether oxygens (including phenoxy) is 5. The van der Waals surface area contributed by atoms with Crippen molar-refractivity contribution in [3.8, 4) is 0 Å². The van der Waals surface area contributed by atoms with Crippen molar-refractivity contribution in [1.82, 2.24) is 4.98 Å². The molecule has 10 fully saturated rings. The molecule has 1 aromatic heterocycles. The fraction of sp³-hybridized carbons (Fsp3) is 0.850. The van der Waals surface area contributed by atoms with Gasteiger partial charge in [-0.15, -0.1) is 0 Å². The summed E-state index contributed by atoms with van der Waals surface area (Å²) in [5.41, 5.74) is -0.750. The van der Waals surface area contributed by atoms with E-state index in [2.05, 4.69) is 32.7 Å². The third kappa shape index (κ3) is 5.49. The van der Waals surface area contributed by atoms with Crippen LogP contribution in [0.5, 0.6) is 0 Å². The lowest BCUT2D eigenvalue weighted by molar-refractivity contribution is -0.571. The minimum absolute atomic E-state index is 0.0400. The van der Waals surface area contributed by atoms with Crippen LogP contribution in [0, 0.1) is 53.3 Å². The van der Waals surface area contributed by atoms with E-state index in [-0.39, 0.29) is 54.4 Å². The Balaban J connectivity index is 0.995. The van der Waals surface area contributed by atoms with E-state index in [1.54, 1.807) is 24.5 Å². The lowest BCUT2D eigenvalue weighted by atomic mass is 9.56. The quantitative estimate of drug-likeness (QED) is 0.213. The van der Waals surface area contributed by atoms with E-state index in [4.69, 9.17) is 43.2 Å². The van der Waals surface area contributed by atoms with Crippen LogP contribution < -0.4 is 0 Å². The van der Waals surface area contributed by atoms with Gasteiger partial charge in [-0.25, -0.2) is 24.3 Å². The first-order chi connectivity index (χ1) is 24.4. The predicted octanol–water partition coefficient (Wildman–Crippen LogP) is 7.14. The first kappa shape index (κ1) is 35.0. The number of rotatable bonds is 7. The van der Waals surface area contributed by atoms with Gasteiger partial charge in [0, 0.05) is 37.1 Å². The van der Waals surface area contributed by atoms with Crippen LogP contribution in [0.15, 0.2) is 24.5 Å². The molecular formula is C40H57NO10. The second kappa shape index (κ2) is 12.7. The van der Waals surface area contributed by atoms with Gasteiger partial charge >= 0.3 is 5.97 Å². The molecule has 16 atom stereocenters. The Hall–Kier alpha value is -1.70. The first-order valence-corrected chi connectivity index (χ1v) is 19.9. The third-order valence-electron chi connectivity index (χ3n) is 15.1. The zero-order valence-electron chi connectivity index (χ0n) is 31.1. The number of aromatic nitrogens is 1. The van der Waals surface area contributed by atoms with Crippen LogP contribution in [0.3, 0.4) is 0 Å². The van der Waals surface area contributed by atoms with Gasteiger partial charge in [-0.1, -0.05) is 27.7 Å². The van der Waals surface area contributed by atoms with E-state index in [1.165, 1.54) is 0 Å². The Bertz CT molecular complexity index is 1390. The van der Waals surface area contributed by atoms with Gasteiger partial charge in [0.25, 0.3) is 0 Å². The Morgan fingerprint density at radius 3 is 1.71 bits per heavy atom. The number of fused-ring (bicyclic) bond motifs is 4. The Kier molecular flexibility index (Phi) is 8.71. The highest BCUT2D eigenvalue weighted by atomic mass is 17.3. The molecule has 0 N–H and O–H groups in total. The van der Waals surface area contributed by atoms with E-state index in [0.717, 1.165) is 51.4 Å².